The van der Waals surface area contributed by atoms with Crippen LogP contribution in [0.4, 0.5) is 4.39 Å². The van der Waals surface area contributed by atoms with Gasteiger partial charge in [0.1, 0.15) is 5.82 Å². The number of hydrogen-bond acceptors (Lipinski definition) is 3. The van der Waals surface area contributed by atoms with Crippen LogP contribution < -0.4 is 5.32 Å². The summed E-state index contributed by atoms with van der Waals surface area (Å²) in [6, 6.07) is 5.19. The maximum Gasteiger partial charge on any atom is 0.127 e. The Morgan fingerprint density at radius 2 is 2.33 bits per heavy atom. The minimum atomic E-state index is -0.193. The van der Waals surface area contributed by atoms with E-state index in [4.69, 9.17) is 9.47 Å². The fraction of sp³-hybridized carbons (Fsp3) is 0.538. The first-order valence-electron chi connectivity index (χ1n) is 6.01. The van der Waals surface area contributed by atoms with Gasteiger partial charge in [0.25, 0.3) is 0 Å². The average Bonchev–Trinajstić information content (AvgIpc) is 2.39. The molecular weight excluding hydrogens is 301 g/mol. The Morgan fingerprint density at radius 3 is 2.94 bits per heavy atom. The molecule has 0 aromatic heterocycles. The fourth-order valence-corrected chi connectivity index (χ4v) is 2.42. The Morgan fingerprint density at radius 1 is 1.50 bits per heavy atom. The molecule has 2 unspecified atom stereocenters. The molecule has 1 aromatic rings. The molecule has 1 N–H and O–H groups in total. The second-order valence-corrected chi connectivity index (χ2v) is 5.23. The Bertz CT molecular complexity index is 397. The van der Waals surface area contributed by atoms with E-state index in [1.54, 1.807) is 6.07 Å². The minimum Gasteiger partial charge on any atom is -0.376 e. The highest BCUT2D eigenvalue weighted by Gasteiger charge is 2.24. The Kier molecular flexibility index (Phi) is 5.12. The van der Waals surface area contributed by atoms with Crippen LogP contribution in [0.25, 0.3) is 0 Å². The summed E-state index contributed by atoms with van der Waals surface area (Å²) >= 11 is 3.26. The molecule has 3 nitrogen and oxygen atoms in total. The van der Waals surface area contributed by atoms with Crippen molar-refractivity contribution in [2.45, 2.75) is 18.6 Å². The monoisotopic (exact) mass is 317 g/mol. The molecule has 0 radical (unpaired) electrons. The number of halogens is 2. The quantitative estimate of drug-likeness (QED) is 0.923. The maximum absolute atomic E-state index is 13.8. The van der Waals surface area contributed by atoms with Crippen molar-refractivity contribution < 1.29 is 13.9 Å². The highest BCUT2D eigenvalue weighted by atomic mass is 79.9. The SMILES string of the molecule is CNC(Cc1ccc(Br)cc1F)C1COCCO1. The van der Waals surface area contributed by atoms with Gasteiger partial charge in [-0.1, -0.05) is 22.0 Å². The molecule has 100 valence electrons. The molecular formula is C13H17BrFNO2. The molecule has 1 aliphatic rings. The number of nitrogens with one attached hydrogen (secondary N) is 1. The van der Waals surface area contributed by atoms with Gasteiger partial charge in [-0.3, -0.25) is 0 Å². The zero-order valence-corrected chi connectivity index (χ0v) is 11.9. The van der Waals surface area contributed by atoms with Crippen LogP contribution in [0, 0.1) is 5.82 Å². The number of benzene rings is 1. The molecule has 18 heavy (non-hydrogen) atoms. The standard InChI is InChI=1S/C13H17BrFNO2/c1-16-12(13-8-17-4-5-18-13)6-9-2-3-10(14)7-11(9)15/h2-3,7,12-13,16H,4-6,8H2,1H3. The van der Waals surface area contributed by atoms with Gasteiger partial charge < -0.3 is 14.8 Å². The van der Waals surface area contributed by atoms with E-state index in [0.717, 1.165) is 4.47 Å². The second-order valence-electron chi connectivity index (χ2n) is 4.32. The normalized spacial score (nSPS) is 21.8. The third-order valence-electron chi connectivity index (χ3n) is 3.12. The summed E-state index contributed by atoms with van der Waals surface area (Å²) in [5.74, 6) is -0.193. The first-order valence-corrected chi connectivity index (χ1v) is 6.80. The molecule has 1 saturated heterocycles. The highest BCUT2D eigenvalue weighted by Crippen LogP contribution is 2.18. The molecule has 1 heterocycles. The highest BCUT2D eigenvalue weighted by molar-refractivity contribution is 9.10. The van der Waals surface area contributed by atoms with Crippen LogP contribution in [0.2, 0.25) is 0 Å². The summed E-state index contributed by atoms with van der Waals surface area (Å²) < 4.78 is 25.6. The van der Waals surface area contributed by atoms with Crippen molar-refractivity contribution in [3.8, 4) is 0 Å². The minimum absolute atomic E-state index is 0.0215. The van der Waals surface area contributed by atoms with Crippen molar-refractivity contribution >= 4 is 15.9 Å². The van der Waals surface area contributed by atoms with Crippen LogP contribution in [0.3, 0.4) is 0 Å². The van der Waals surface area contributed by atoms with Crippen molar-refractivity contribution in [3.63, 3.8) is 0 Å². The third-order valence-corrected chi connectivity index (χ3v) is 3.61. The smallest absolute Gasteiger partial charge is 0.127 e. The van der Waals surface area contributed by atoms with Crippen molar-refractivity contribution in [1.29, 1.82) is 0 Å². The molecule has 1 aromatic carbocycles. The predicted octanol–water partition coefficient (Wildman–Crippen LogP) is 2.13. The van der Waals surface area contributed by atoms with Crippen LogP contribution in [0.5, 0.6) is 0 Å². The molecule has 2 rings (SSSR count). The second kappa shape index (κ2) is 6.61. The van der Waals surface area contributed by atoms with Gasteiger partial charge in [-0.05, 0) is 31.2 Å². The summed E-state index contributed by atoms with van der Waals surface area (Å²) in [5.41, 5.74) is 0.687. The lowest BCUT2D eigenvalue weighted by Crippen LogP contribution is -2.46. The molecule has 5 heteroatoms. The largest absolute Gasteiger partial charge is 0.376 e. The van der Waals surface area contributed by atoms with Gasteiger partial charge in [-0.25, -0.2) is 4.39 Å². The summed E-state index contributed by atoms with van der Waals surface area (Å²) in [5, 5.41) is 3.18. The van der Waals surface area contributed by atoms with Gasteiger partial charge >= 0.3 is 0 Å². The van der Waals surface area contributed by atoms with Crippen LogP contribution in [-0.2, 0) is 15.9 Å². The predicted molar refractivity (Wildman–Crippen MR) is 71.2 cm³/mol. The topological polar surface area (TPSA) is 30.5 Å². The summed E-state index contributed by atoms with van der Waals surface area (Å²) in [4.78, 5) is 0. The zero-order chi connectivity index (χ0) is 13.0. The summed E-state index contributed by atoms with van der Waals surface area (Å²) in [6.07, 6.45) is 0.565. The van der Waals surface area contributed by atoms with E-state index in [9.17, 15) is 4.39 Å². The first-order chi connectivity index (χ1) is 8.70. The van der Waals surface area contributed by atoms with E-state index in [1.807, 2.05) is 13.1 Å². The van der Waals surface area contributed by atoms with E-state index in [-0.39, 0.29) is 18.0 Å². The first kappa shape index (κ1) is 13.9. The van der Waals surface area contributed by atoms with Gasteiger partial charge in [-0.15, -0.1) is 0 Å². The van der Waals surface area contributed by atoms with Crippen LogP contribution in [0.15, 0.2) is 22.7 Å². The van der Waals surface area contributed by atoms with Crippen LogP contribution >= 0.6 is 15.9 Å². The molecule has 1 fully saturated rings. The van der Waals surface area contributed by atoms with Crippen molar-refractivity contribution in [2.75, 3.05) is 26.9 Å². The lowest BCUT2D eigenvalue weighted by atomic mass is 10.0. The molecule has 0 amide bonds. The number of ether oxygens (including phenoxy) is 2. The third kappa shape index (κ3) is 3.51. The van der Waals surface area contributed by atoms with Gasteiger partial charge in [0.2, 0.25) is 0 Å². The molecule has 0 spiro atoms. The summed E-state index contributed by atoms with van der Waals surface area (Å²) in [6.45, 7) is 1.80. The number of likely N-dealkylation sites (N-methyl/N-ethyl adjacent to an activating group) is 1. The van der Waals surface area contributed by atoms with E-state index in [1.165, 1.54) is 6.07 Å². The van der Waals surface area contributed by atoms with E-state index in [0.29, 0.717) is 31.8 Å². The van der Waals surface area contributed by atoms with E-state index in [2.05, 4.69) is 21.2 Å². The molecule has 0 aliphatic carbocycles. The molecule has 2 atom stereocenters. The van der Waals surface area contributed by atoms with Crippen molar-refractivity contribution in [3.05, 3.63) is 34.1 Å². The lowest BCUT2D eigenvalue weighted by molar-refractivity contribution is -0.100. The molecule has 0 saturated carbocycles. The Labute approximate surface area is 115 Å². The summed E-state index contributed by atoms with van der Waals surface area (Å²) in [7, 11) is 1.86. The number of hydrogen-bond donors (Lipinski definition) is 1. The maximum atomic E-state index is 13.8. The molecule has 1 aliphatic heterocycles. The fourth-order valence-electron chi connectivity index (χ4n) is 2.08. The van der Waals surface area contributed by atoms with Crippen molar-refractivity contribution in [1.82, 2.24) is 5.32 Å². The zero-order valence-electron chi connectivity index (χ0n) is 10.3. The van der Waals surface area contributed by atoms with E-state index >= 15 is 0 Å². The van der Waals surface area contributed by atoms with Gasteiger partial charge in [0.05, 0.1) is 25.9 Å². The average molecular weight is 318 g/mol. The van der Waals surface area contributed by atoms with E-state index < -0.39 is 0 Å². The Hall–Kier alpha value is -0.490. The van der Waals surface area contributed by atoms with Crippen molar-refractivity contribution in [2.24, 2.45) is 0 Å². The molecule has 0 bridgehead atoms. The van der Waals surface area contributed by atoms with Gasteiger partial charge in [-0.2, -0.15) is 0 Å². The Balaban J connectivity index is 2.04. The van der Waals surface area contributed by atoms with Crippen LogP contribution in [-0.4, -0.2) is 39.0 Å². The van der Waals surface area contributed by atoms with Crippen LogP contribution in [0.1, 0.15) is 5.56 Å². The van der Waals surface area contributed by atoms with Gasteiger partial charge in [0.15, 0.2) is 0 Å². The lowest BCUT2D eigenvalue weighted by Gasteiger charge is -2.30. The number of rotatable bonds is 4. The van der Waals surface area contributed by atoms with Gasteiger partial charge in [0, 0.05) is 10.5 Å².